The van der Waals surface area contributed by atoms with Gasteiger partial charge in [0, 0.05) is 0 Å². The second kappa shape index (κ2) is 21.7. The summed E-state index contributed by atoms with van der Waals surface area (Å²) in [5, 5.41) is 0. The quantitative estimate of drug-likeness (QED) is 0.0474. The lowest BCUT2D eigenvalue weighted by Gasteiger charge is -2.34. The van der Waals surface area contributed by atoms with Crippen molar-refractivity contribution in [2.24, 2.45) is 0 Å². The van der Waals surface area contributed by atoms with E-state index < -0.39 is 18.1 Å². The summed E-state index contributed by atoms with van der Waals surface area (Å²) < 4.78 is 50.8. The summed E-state index contributed by atoms with van der Waals surface area (Å²) in [4.78, 5) is 13.0. The highest BCUT2D eigenvalue weighted by Crippen LogP contribution is 2.38. The van der Waals surface area contributed by atoms with Gasteiger partial charge < -0.3 is 37.9 Å². The first kappa shape index (κ1) is 46.0. The fourth-order valence-corrected chi connectivity index (χ4v) is 7.72. The lowest BCUT2D eigenvalue weighted by Crippen LogP contribution is -2.45. The second-order valence-corrected chi connectivity index (χ2v) is 16.3. The van der Waals surface area contributed by atoms with Crippen LogP contribution in [0.3, 0.4) is 0 Å². The van der Waals surface area contributed by atoms with E-state index in [1.54, 1.807) is 24.3 Å². The number of benzene rings is 10. The number of ether oxygens (including phenoxy) is 8. The standard InChI is InChI=1S/C63H46O9/c64-61(65-53-43-35-49(36-44-53)47-31-39-51(40-32-47)62(67-55-19-7-1-8-20-55,68-56-21-9-2-10-22-56)69-57-23-11-3-12-24-57)66-54-45-37-50(38-46-54)48-33-41-52(42-34-48)63(70-58-25-13-4-14-26-58,71-59-27-15-5-16-28-59)72-60-29-17-6-18-30-60/h1-46H. The van der Waals surface area contributed by atoms with E-state index in [0.717, 1.165) is 22.3 Å². The van der Waals surface area contributed by atoms with Crippen LogP contribution in [0.5, 0.6) is 46.0 Å². The Morgan fingerprint density at radius 3 is 0.625 bits per heavy atom. The van der Waals surface area contributed by atoms with E-state index in [4.69, 9.17) is 37.9 Å². The zero-order valence-corrected chi connectivity index (χ0v) is 38.7. The lowest BCUT2D eigenvalue weighted by atomic mass is 10.0. The first-order valence-corrected chi connectivity index (χ1v) is 23.2. The minimum absolute atomic E-state index is 0.319. The molecule has 0 aliphatic carbocycles. The van der Waals surface area contributed by atoms with Crippen LogP contribution in [-0.2, 0) is 11.9 Å². The Hall–Kier alpha value is -9.73. The summed E-state index contributed by atoms with van der Waals surface area (Å²) in [5.41, 5.74) is 4.80. The molecular weight excluding hydrogens is 901 g/mol. The molecule has 0 heterocycles. The highest BCUT2D eigenvalue weighted by Gasteiger charge is 2.43. The van der Waals surface area contributed by atoms with Crippen molar-refractivity contribution in [3.63, 3.8) is 0 Å². The molecule has 0 aromatic heterocycles. The van der Waals surface area contributed by atoms with Crippen molar-refractivity contribution in [3.8, 4) is 68.2 Å². The fraction of sp³-hybridized carbons (Fsp3) is 0.0317. The molecule has 0 saturated carbocycles. The number of rotatable bonds is 18. The first-order chi connectivity index (χ1) is 35.5. The normalized spacial score (nSPS) is 11.1. The maximum Gasteiger partial charge on any atom is 0.519 e. The molecule has 0 unspecified atom stereocenters. The Bertz CT molecular complexity index is 2830. The van der Waals surface area contributed by atoms with Gasteiger partial charge in [-0.1, -0.05) is 158 Å². The summed E-state index contributed by atoms with van der Waals surface area (Å²) in [6.45, 7) is 0. The Kier molecular flexibility index (Phi) is 13.9. The molecule has 0 saturated heterocycles. The molecule has 9 heteroatoms. The summed E-state index contributed by atoms with van der Waals surface area (Å²) in [6, 6.07) is 86.2. The van der Waals surface area contributed by atoms with Gasteiger partial charge >= 0.3 is 18.1 Å². The van der Waals surface area contributed by atoms with Gasteiger partial charge in [-0.2, -0.15) is 0 Å². The highest BCUT2D eigenvalue weighted by molar-refractivity contribution is 5.70. The summed E-state index contributed by atoms with van der Waals surface area (Å²) in [5.74, 6) is 0.578. The Labute approximate surface area is 417 Å². The third-order valence-corrected chi connectivity index (χ3v) is 11.2. The van der Waals surface area contributed by atoms with E-state index in [2.05, 4.69) is 0 Å². The van der Waals surface area contributed by atoms with Gasteiger partial charge in [-0.05, 0) is 144 Å². The first-order valence-electron chi connectivity index (χ1n) is 23.2. The predicted octanol–water partition coefficient (Wildman–Crippen LogP) is 15.3. The lowest BCUT2D eigenvalue weighted by molar-refractivity contribution is -0.264. The minimum Gasteiger partial charge on any atom is -0.417 e. The van der Waals surface area contributed by atoms with Crippen molar-refractivity contribution < 1.29 is 42.7 Å². The van der Waals surface area contributed by atoms with E-state index in [1.165, 1.54) is 0 Å². The van der Waals surface area contributed by atoms with Gasteiger partial charge in [0.15, 0.2) is 0 Å². The van der Waals surface area contributed by atoms with Crippen LogP contribution in [-0.4, -0.2) is 6.16 Å². The van der Waals surface area contributed by atoms with Crippen LogP contribution in [0.1, 0.15) is 11.1 Å². The van der Waals surface area contributed by atoms with Gasteiger partial charge in [0.05, 0.1) is 11.1 Å². The highest BCUT2D eigenvalue weighted by atomic mass is 16.9. The van der Waals surface area contributed by atoms with E-state index >= 15 is 0 Å². The molecule has 0 fully saturated rings. The van der Waals surface area contributed by atoms with Crippen LogP contribution in [0.15, 0.2) is 279 Å². The molecule has 0 N–H and O–H groups in total. The van der Waals surface area contributed by atoms with E-state index in [-0.39, 0.29) is 0 Å². The van der Waals surface area contributed by atoms with Crippen molar-refractivity contribution in [2.75, 3.05) is 0 Å². The fourth-order valence-electron chi connectivity index (χ4n) is 7.72. The number of hydrogen-bond donors (Lipinski definition) is 0. The summed E-state index contributed by atoms with van der Waals surface area (Å²) in [6.07, 6.45) is -0.873. The van der Waals surface area contributed by atoms with Crippen molar-refractivity contribution >= 4 is 6.16 Å². The maximum atomic E-state index is 13.0. The molecule has 352 valence electrons. The third-order valence-electron chi connectivity index (χ3n) is 11.2. The number of carbonyl (C=O) groups excluding carboxylic acids is 1. The van der Waals surface area contributed by atoms with Crippen molar-refractivity contribution in [3.05, 3.63) is 290 Å². The molecule has 0 spiro atoms. The monoisotopic (exact) mass is 946 g/mol. The van der Waals surface area contributed by atoms with Gasteiger partial charge in [-0.25, -0.2) is 4.79 Å². The smallest absolute Gasteiger partial charge is 0.417 e. The van der Waals surface area contributed by atoms with Gasteiger partial charge in [0.1, 0.15) is 46.0 Å². The second-order valence-electron chi connectivity index (χ2n) is 16.3. The van der Waals surface area contributed by atoms with Crippen molar-refractivity contribution in [1.82, 2.24) is 0 Å². The van der Waals surface area contributed by atoms with E-state index in [9.17, 15) is 4.79 Å². The van der Waals surface area contributed by atoms with Crippen molar-refractivity contribution in [2.45, 2.75) is 11.9 Å². The van der Waals surface area contributed by atoms with Gasteiger partial charge in [0.2, 0.25) is 0 Å². The van der Waals surface area contributed by atoms with Crippen LogP contribution in [0.2, 0.25) is 0 Å². The summed E-state index contributed by atoms with van der Waals surface area (Å²) in [7, 11) is 0. The van der Waals surface area contributed by atoms with Crippen molar-refractivity contribution in [1.29, 1.82) is 0 Å². The Morgan fingerprint density at radius 2 is 0.417 bits per heavy atom. The van der Waals surface area contributed by atoms with Crippen LogP contribution >= 0.6 is 0 Å². The molecule has 0 bridgehead atoms. The average Bonchev–Trinajstić information content (AvgIpc) is 3.43. The molecule has 0 amide bonds. The van der Waals surface area contributed by atoms with Crippen LogP contribution < -0.4 is 37.9 Å². The maximum absolute atomic E-state index is 13.0. The summed E-state index contributed by atoms with van der Waals surface area (Å²) >= 11 is 0. The topological polar surface area (TPSA) is 90.9 Å². The minimum atomic E-state index is -1.70. The van der Waals surface area contributed by atoms with Gasteiger partial charge in [0.25, 0.3) is 0 Å². The number of carbonyl (C=O) groups is 1. The molecule has 9 nitrogen and oxygen atoms in total. The SMILES string of the molecule is O=C(Oc1ccc(-c2ccc(C(Oc3ccccc3)(Oc3ccccc3)Oc3ccccc3)cc2)cc1)Oc1ccc(-c2ccc(C(Oc3ccccc3)(Oc3ccccc3)Oc3ccccc3)cc2)cc1. The average molecular weight is 947 g/mol. The molecule has 10 aromatic carbocycles. The molecule has 72 heavy (non-hydrogen) atoms. The molecule has 0 radical (unpaired) electrons. The predicted molar refractivity (Wildman–Crippen MR) is 276 cm³/mol. The number of para-hydroxylation sites is 6. The molecule has 0 atom stereocenters. The molecule has 0 aliphatic rings. The molecule has 10 rings (SSSR count). The van der Waals surface area contributed by atoms with E-state index in [0.29, 0.717) is 57.1 Å². The molecule has 10 aromatic rings. The van der Waals surface area contributed by atoms with Crippen LogP contribution in [0.25, 0.3) is 22.3 Å². The van der Waals surface area contributed by atoms with Gasteiger partial charge in [-0.15, -0.1) is 0 Å². The molecular formula is C63H46O9. The zero-order valence-electron chi connectivity index (χ0n) is 38.7. The van der Waals surface area contributed by atoms with Gasteiger partial charge in [-0.3, -0.25) is 0 Å². The molecule has 0 aliphatic heterocycles. The number of hydrogen-bond acceptors (Lipinski definition) is 9. The Balaban J connectivity index is 0.818. The van der Waals surface area contributed by atoms with Crippen LogP contribution in [0, 0.1) is 0 Å². The van der Waals surface area contributed by atoms with Crippen LogP contribution in [0.4, 0.5) is 4.79 Å². The largest absolute Gasteiger partial charge is 0.519 e. The van der Waals surface area contributed by atoms with E-state index in [1.807, 2.05) is 255 Å². The Morgan fingerprint density at radius 1 is 0.222 bits per heavy atom. The third kappa shape index (κ3) is 11.4. The zero-order chi connectivity index (χ0) is 48.8.